The Bertz CT molecular complexity index is 1680. The van der Waals surface area contributed by atoms with Crippen molar-refractivity contribution >= 4 is 58.2 Å². The Morgan fingerprint density at radius 1 is 0.727 bits per heavy atom. The van der Waals surface area contributed by atoms with E-state index in [1.165, 1.54) is 6.92 Å². The lowest BCUT2D eigenvalue weighted by Crippen LogP contribution is -2.59. The second-order valence-electron chi connectivity index (χ2n) is 14.2. The summed E-state index contributed by atoms with van der Waals surface area (Å²) < 4.78 is 0. The normalized spacial score (nSPS) is 14.5. The van der Waals surface area contributed by atoms with Crippen molar-refractivity contribution < 1.29 is 48.6 Å². The van der Waals surface area contributed by atoms with Gasteiger partial charge in [0.05, 0.1) is 19.2 Å². The number of aliphatic carboxylic acids is 1. The largest absolute Gasteiger partial charge is 0.480 e. The Labute approximate surface area is 318 Å². The molecule has 0 saturated carbocycles. The molecule has 0 bridgehead atoms. The standard InChI is InChI=1S/C36H55N9O10/c1-18(2)12-26(33(51)41-20(5)36(54)55)42-30(48)16-40-32(50)25(10-11-29(38)47)43-35(53)28(17-46)45-34(52)27(13-19(3)4)44-31(49)23(37)14-21-15-39-24-9-7-6-8-22(21)24/h6-9,15,18-20,23,25-28,39,46H,10-14,16-17,37H2,1-5H3,(H2,38,47)(H,40,50)(H,41,51)(H,42,48)(H,43,53)(H,44,49)(H,45,52)(H,54,55)/t20-,23-,25-,26-,27-,28-/m0/s1. The van der Waals surface area contributed by atoms with E-state index in [2.05, 4.69) is 36.9 Å². The van der Waals surface area contributed by atoms with Crippen molar-refractivity contribution in [3.05, 3.63) is 36.0 Å². The van der Waals surface area contributed by atoms with Crippen molar-refractivity contribution in [1.82, 2.24) is 36.9 Å². The van der Waals surface area contributed by atoms with Crippen LogP contribution in [0, 0.1) is 11.8 Å². The fourth-order valence-electron chi connectivity index (χ4n) is 5.52. The minimum Gasteiger partial charge on any atom is -0.480 e. The maximum Gasteiger partial charge on any atom is 0.325 e. The van der Waals surface area contributed by atoms with Crippen LogP contribution in [0.15, 0.2) is 30.5 Å². The highest BCUT2D eigenvalue weighted by Crippen LogP contribution is 2.19. The van der Waals surface area contributed by atoms with E-state index in [0.717, 1.165) is 16.5 Å². The number of benzene rings is 1. The highest BCUT2D eigenvalue weighted by atomic mass is 16.4. The molecule has 13 N–H and O–H groups in total. The van der Waals surface area contributed by atoms with E-state index in [-0.39, 0.29) is 43.9 Å². The lowest BCUT2D eigenvalue weighted by molar-refractivity contribution is -0.141. The van der Waals surface area contributed by atoms with E-state index in [1.807, 2.05) is 38.1 Å². The van der Waals surface area contributed by atoms with Gasteiger partial charge in [-0.25, -0.2) is 0 Å². The van der Waals surface area contributed by atoms with Gasteiger partial charge in [-0.2, -0.15) is 0 Å². The fraction of sp³-hybridized carbons (Fsp3) is 0.556. The van der Waals surface area contributed by atoms with Crippen LogP contribution in [-0.2, 0) is 44.8 Å². The number of aliphatic hydroxyl groups excluding tert-OH is 1. The number of carboxylic acids is 1. The summed E-state index contributed by atoms with van der Waals surface area (Å²) in [4.78, 5) is 104. The monoisotopic (exact) mass is 773 g/mol. The Hall–Kier alpha value is -5.56. The molecule has 1 heterocycles. The number of aromatic amines is 1. The second-order valence-corrected chi connectivity index (χ2v) is 14.2. The summed E-state index contributed by atoms with van der Waals surface area (Å²) >= 11 is 0. The zero-order valence-electron chi connectivity index (χ0n) is 31.8. The van der Waals surface area contributed by atoms with Gasteiger partial charge < -0.3 is 58.6 Å². The molecule has 19 nitrogen and oxygen atoms in total. The number of fused-ring (bicyclic) bond motifs is 1. The molecule has 0 unspecified atom stereocenters. The molecule has 1 aromatic carbocycles. The molecule has 2 aromatic rings. The second kappa shape index (κ2) is 22.0. The molecule has 1 aromatic heterocycles. The molecule has 6 atom stereocenters. The van der Waals surface area contributed by atoms with Crippen LogP contribution in [0.4, 0.5) is 0 Å². The maximum absolute atomic E-state index is 13.4. The van der Waals surface area contributed by atoms with Gasteiger partial charge in [0.1, 0.15) is 30.2 Å². The summed E-state index contributed by atoms with van der Waals surface area (Å²) in [7, 11) is 0. The lowest BCUT2D eigenvalue weighted by atomic mass is 10.0. The van der Waals surface area contributed by atoms with Gasteiger partial charge in [-0.15, -0.1) is 0 Å². The highest BCUT2D eigenvalue weighted by Gasteiger charge is 2.31. The number of hydrogen-bond acceptors (Lipinski definition) is 10. The van der Waals surface area contributed by atoms with Crippen LogP contribution in [0.1, 0.15) is 65.9 Å². The number of aromatic nitrogens is 1. The molecule has 19 heteroatoms. The average molecular weight is 774 g/mol. The first kappa shape index (κ1) is 45.6. The van der Waals surface area contributed by atoms with Gasteiger partial charge >= 0.3 is 5.97 Å². The SMILES string of the molecule is CC(C)C[C@H](NC(=O)CNC(=O)[C@H](CCC(N)=O)NC(=O)[C@H](CO)NC(=O)[C@H](CC(C)C)NC(=O)[C@@H](N)Cc1c[nH]c2ccccc12)C(=O)N[C@@H](C)C(=O)O. The first-order valence-electron chi connectivity index (χ1n) is 18.0. The molecule has 0 radical (unpaired) electrons. The fourth-order valence-corrected chi connectivity index (χ4v) is 5.52. The highest BCUT2D eigenvalue weighted by molar-refractivity contribution is 5.96. The van der Waals surface area contributed by atoms with Crippen molar-refractivity contribution in [2.75, 3.05) is 13.2 Å². The van der Waals surface area contributed by atoms with Crippen LogP contribution in [-0.4, -0.2) is 112 Å². The molecule has 0 saturated heterocycles. The van der Waals surface area contributed by atoms with Crippen LogP contribution < -0.4 is 43.4 Å². The third kappa shape index (κ3) is 15.4. The smallest absolute Gasteiger partial charge is 0.325 e. The summed E-state index contributed by atoms with van der Waals surface area (Å²) in [5, 5.41) is 34.5. The number of rotatable bonds is 23. The zero-order chi connectivity index (χ0) is 41.4. The molecule has 2 rings (SSSR count). The number of primary amides is 1. The van der Waals surface area contributed by atoms with E-state index < -0.39 is 96.7 Å². The molecular formula is C36H55N9O10. The summed E-state index contributed by atoms with van der Waals surface area (Å²) in [5.41, 5.74) is 13.2. The average Bonchev–Trinajstić information content (AvgIpc) is 3.52. The topological polar surface area (TPSA) is 317 Å². The van der Waals surface area contributed by atoms with Crippen molar-refractivity contribution in [3.63, 3.8) is 0 Å². The Balaban J connectivity index is 2.09. The van der Waals surface area contributed by atoms with Gasteiger partial charge in [0.25, 0.3) is 0 Å². The lowest BCUT2D eigenvalue weighted by Gasteiger charge is -2.26. The number of carbonyl (C=O) groups is 8. The number of nitrogens with two attached hydrogens (primary N) is 2. The predicted molar refractivity (Wildman–Crippen MR) is 200 cm³/mol. The number of nitrogens with one attached hydrogen (secondary N) is 7. The molecule has 0 aliphatic rings. The number of aliphatic hydroxyl groups is 1. The van der Waals surface area contributed by atoms with Crippen molar-refractivity contribution in [2.45, 2.75) is 103 Å². The summed E-state index contributed by atoms with van der Waals surface area (Å²) in [6, 6.07) is -0.0806. The minimum absolute atomic E-state index is 0.0791. The van der Waals surface area contributed by atoms with Gasteiger partial charge in [0.2, 0.25) is 41.4 Å². The van der Waals surface area contributed by atoms with Gasteiger partial charge in [0, 0.05) is 23.5 Å². The molecule has 0 fully saturated rings. The number of H-pyrrole nitrogens is 1. The maximum atomic E-state index is 13.4. The molecule has 304 valence electrons. The molecular weight excluding hydrogens is 718 g/mol. The molecule has 55 heavy (non-hydrogen) atoms. The van der Waals surface area contributed by atoms with Gasteiger partial charge in [0.15, 0.2) is 0 Å². The number of hydrogen-bond donors (Lipinski definition) is 11. The van der Waals surface area contributed by atoms with Gasteiger partial charge in [-0.1, -0.05) is 45.9 Å². The number of para-hydroxylation sites is 1. The summed E-state index contributed by atoms with van der Waals surface area (Å²) in [6.07, 6.45) is 1.56. The van der Waals surface area contributed by atoms with Crippen molar-refractivity contribution in [3.8, 4) is 0 Å². The Morgan fingerprint density at radius 2 is 1.27 bits per heavy atom. The molecule has 0 aliphatic carbocycles. The predicted octanol–water partition coefficient (Wildman–Crippen LogP) is -1.97. The van der Waals surface area contributed by atoms with E-state index >= 15 is 0 Å². The van der Waals surface area contributed by atoms with Crippen molar-refractivity contribution in [2.24, 2.45) is 23.3 Å². The summed E-state index contributed by atoms with van der Waals surface area (Å²) in [6.45, 7) is 6.88. The zero-order valence-corrected chi connectivity index (χ0v) is 31.8. The molecule has 0 spiro atoms. The first-order chi connectivity index (χ1) is 25.8. The van der Waals surface area contributed by atoms with E-state index in [4.69, 9.17) is 16.6 Å². The third-order valence-electron chi connectivity index (χ3n) is 8.43. The van der Waals surface area contributed by atoms with Crippen LogP contribution in [0.3, 0.4) is 0 Å². The van der Waals surface area contributed by atoms with E-state index in [1.54, 1.807) is 20.0 Å². The number of carboxylic acid groups (broad SMARTS) is 1. The number of carbonyl (C=O) groups excluding carboxylic acids is 7. The van der Waals surface area contributed by atoms with Crippen LogP contribution >= 0.6 is 0 Å². The molecule has 0 aliphatic heterocycles. The Kier molecular flexibility index (Phi) is 18.2. The third-order valence-corrected chi connectivity index (χ3v) is 8.43. The van der Waals surface area contributed by atoms with Crippen LogP contribution in [0.25, 0.3) is 10.9 Å². The summed E-state index contributed by atoms with van der Waals surface area (Å²) in [5.74, 6) is -7.16. The first-order valence-corrected chi connectivity index (χ1v) is 18.0. The molecule has 7 amide bonds. The van der Waals surface area contributed by atoms with Gasteiger partial charge in [-0.3, -0.25) is 38.4 Å². The van der Waals surface area contributed by atoms with Crippen LogP contribution in [0.5, 0.6) is 0 Å². The van der Waals surface area contributed by atoms with Crippen LogP contribution in [0.2, 0.25) is 0 Å². The van der Waals surface area contributed by atoms with Crippen molar-refractivity contribution in [1.29, 1.82) is 0 Å². The van der Waals surface area contributed by atoms with E-state index in [0.29, 0.717) is 0 Å². The number of amides is 7. The minimum atomic E-state index is -1.60. The Morgan fingerprint density at radius 3 is 1.85 bits per heavy atom. The quantitative estimate of drug-likeness (QED) is 0.0589. The van der Waals surface area contributed by atoms with Gasteiger partial charge in [-0.05, 0) is 56.1 Å². The van der Waals surface area contributed by atoms with E-state index in [9.17, 15) is 43.5 Å².